The van der Waals surface area contributed by atoms with Gasteiger partial charge in [-0.3, -0.25) is 9.36 Å². The summed E-state index contributed by atoms with van der Waals surface area (Å²) in [5.74, 6) is 1.62. The number of hydrogen-bond donors (Lipinski definition) is 0. The van der Waals surface area contributed by atoms with Gasteiger partial charge < -0.3 is 9.30 Å². The lowest BCUT2D eigenvalue weighted by atomic mass is 9.97. The van der Waals surface area contributed by atoms with Gasteiger partial charge in [-0.15, -0.1) is 11.3 Å². The molecular weight excluding hydrogens is 440 g/mol. The zero-order chi connectivity index (χ0) is 21.9. The predicted molar refractivity (Wildman–Crippen MR) is 130 cm³/mol. The van der Waals surface area contributed by atoms with E-state index in [1.54, 1.807) is 34.8 Å². The van der Waals surface area contributed by atoms with Gasteiger partial charge in [0.2, 0.25) is 0 Å². The van der Waals surface area contributed by atoms with Crippen LogP contribution >= 0.6 is 23.1 Å². The molecule has 0 atom stereocenters. The summed E-state index contributed by atoms with van der Waals surface area (Å²) in [5.41, 5.74) is 2.54. The fraction of sp³-hybridized carbons (Fsp3) is 0.375. The van der Waals surface area contributed by atoms with E-state index in [2.05, 4.69) is 33.8 Å². The second-order valence-electron chi connectivity index (χ2n) is 7.98. The van der Waals surface area contributed by atoms with Gasteiger partial charge in [0.1, 0.15) is 10.7 Å². The van der Waals surface area contributed by atoms with Crippen LogP contribution < -0.4 is 5.56 Å². The number of imidazole rings is 1. The van der Waals surface area contributed by atoms with Crippen molar-refractivity contribution >= 4 is 33.3 Å². The molecule has 0 saturated heterocycles. The zero-order valence-corrected chi connectivity index (χ0v) is 19.8. The molecule has 5 rings (SSSR count). The lowest BCUT2D eigenvalue weighted by molar-refractivity contribution is 0.183. The molecule has 0 saturated carbocycles. The molecule has 4 aromatic rings. The highest BCUT2D eigenvalue weighted by Gasteiger charge is 2.22. The van der Waals surface area contributed by atoms with Crippen LogP contribution in [0.1, 0.15) is 34.7 Å². The molecule has 1 aromatic carbocycles. The Labute approximate surface area is 195 Å². The molecule has 3 aromatic heterocycles. The number of rotatable bonds is 8. The molecule has 0 fully saturated rings. The fourth-order valence-electron chi connectivity index (χ4n) is 4.24. The van der Waals surface area contributed by atoms with E-state index in [4.69, 9.17) is 9.72 Å². The quantitative estimate of drug-likeness (QED) is 0.282. The van der Waals surface area contributed by atoms with E-state index < -0.39 is 0 Å². The number of fused-ring (bicyclic) bond motifs is 3. The Morgan fingerprint density at radius 1 is 1.19 bits per heavy atom. The highest BCUT2D eigenvalue weighted by molar-refractivity contribution is 7.98. The van der Waals surface area contributed by atoms with Crippen molar-refractivity contribution in [3.63, 3.8) is 0 Å². The van der Waals surface area contributed by atoms with Crippen LogP contribution in [0.4, 0.5) is 0 Å². The number of thiophene rings is 1. The molecule has 0 aliphatic heterocycles. The van der Waals surface area contributed by atoms with Gasteiger partial charge in [0, 0.05) is 30.9 Å². The molecule has 3 heterocycles. The smallest absolute Gasteiger partial charge is 0.263 e. The Morgan fingerprint density at radius 2 is 2.03 bits per heavy atom. The summed E-state index contributed by atoms with van der Waals surface area (Å²) in [6.07, 6.45) is 8.24. The Kier molecular flexibility index (Phi) is 6.43. The first-order valence-electron chi connectivity index (χ1n) is 11.0. The van der Waals surface area contributed by atoms with Crippen molar-refractivity contribution in [2.75, 3.05) is 13.7 Å². The maximum absolute atomic E-state index is 13.5. The van der Waals surface area contributed by atoms with Crippen LogP contribution in [-0.4, -0.2) is 32.8 Å². The van der Waals surface area contributed by atoms with Crippen molar-refractivity contribution in [3.05, 3.63) is 74.9 Å². The van der Waals surface area contributed by atoms with Crippen molar-refractivity contribution in [1.29, 1.82) is 0 Å². The van der Waals surface area contributed by atoms with E-state index >= 15 is 0 Å². The van der Waals surface area contributed by atoms with E-state index in [1.807, 2.05) is 18.5 Å². The monoisotopic (exact) mass is 466 g/mol. The second-order valence-corrected chi connectivity index (χ2v) is 10.0. The van der Waals surface area contributed by atoms with Gasteiger partial charge >= 0.3 is 0 Å². The van der Waals surface area contributed by atoms with Crippen LogP contribution in [0.25, 0.3) is 10.2 Å². The highest BCUT2D eigenvalue weighted by atomic mass is 32.2. The number of benzene rings is 1. The van der Waals surface area contributed by atoms with Crippen LogP contribution in [0.15, 0.2) is 52.7 Å². The minimum Gasteiger partial charge on any atom is -0.383 e. The Balaban J connectivity index is 1.45. The first kappa shape index (κ1) is 21.4. The van der Waals surface area contributed by atoms with Crippen molar-refractivity contribution in [2.24, 2.45) is 0 Å². The maximum atomic E-state index is 13.5. The molecule has 0 amide bonds. The van der Waals surface area contributed by atoms with Gasteiger partial charge in [0.05, 0.1) is 24.3 Å². The summed E-state index contributed by atoms with van der Waals surface area (Å²) >= 11 is 3.27. The summed E-state index contributed by atoms with van der Waals surface area (Å²) in [7, 11) is 1.66. The largest absolute Gasteiger partial charge is 0.383 e. The third-order valence-corrected chi connectivity index (χ3v) is 8.04. The number of thioether (sulfide) groups is 1. The van der Waals surface area contributed by atoms with Crippen LogP contribution in [0.2, 0.25) is 0 Å². The van der Waals surface area contributed by atoms with E-state index in [-0.39, 0.29) is 5.56 Å². The molecule has 1 aliphatic carbocycles. The number of ether oxygens (including phenoxy) is 1. The van der Waals surface area contributed by atoms with Crippen molar-refractivity contribution in [2.45, 2.75) is 49.7 Å². The Bertz CT molecular complexity index is 1280. The molecule has 0 spiro atoms. The molecule has 0 radical (unpaired) electrons. The SMILES string of the molecule is COCCn1c(SCc2nccn2Cc2ccccc2)nc2sc3c(c2c1=O)CCCC3. The van der Waals surface area contributed by atoms with Crippen LogP contribution in [0, 0.1) is 0 Å². The molecular formula is C24H26N4O2S2. The van der Waals surface area contributed by atoms with Crippen molar-refractivity contribution in [1.82, 2.24) is 19.1 Å². The van der Waals surface area contributed by atoms with Gasteiger partial charge in [0.15, 0.2) is 5.16 Å². The summed E-state index contributed by atoms with van der Waals surface area (Å²) in [6, 6.07) is 10.4. The summed E-state index contributed by atoms with van der Waals surface area (Å²) in [5, 5.41) is 1.57. The maximum Gasteiger partial charge on any atom is 0.263 e. The molecule has 0 bridgehead atoms. The predicted octanol–water partition coefficient (Wildman–Crippen LogP) is 4.52. The van der Waals surface area contributed by atoms with E-state index in [1.165, 1.54) is 22.4 Å². The van der Waals surface area contributed by atoms with Gasteiger partial charge in [-0.2, -0.15) is 0 Å². The fourth-order valence-corrected chi connectivity index (χ4v) is 6.54. The third kappa shape index (κ3) is 4.27. The Morgan fingerprint density at radius 3 is 2.88 bits per heavy atom. The van der Waals surface area contributed by atoms with Crippen LogP contribution in [0.3, 0.4) is 0 Å². The average molecular weight is 467 g/mol. The number of methoxy groups -OCH3 is 1. The Hall–Kier alpha value is -2.42. The topological polar surface area (TPSA) is 61.9 Å². The average Bonchev–Trinajstić information content (AvgIpc) is 3.41. The van der Waals surface area contributed by atoms with E-state index in [0.29, 0.717) is 18.9 Å². The number of hydrogen-bond acceptors (Lipinski definition) is 6. The number of aryl methyl sites for hydroxylation is 2. The minimum atomic E-state index is 0.0709. The lowest BCUT2D eigenvalue weighted by Crippen LogP contribution is -2.25. The van der Waals surface area contributed by atoms with E-state index in [0.717, 1.165) is 47.0 Å². The zero-order valence-electron chi connectivity index (χ0n) is 18.1. The van der Waals surface area contributed by atoms with Crippen molar-refractivity contribution in [3.8, 4) is 0 Å². The summed E-state index contributed by atoms with van der Waals surface area (Å²) < 4.78 is 9.24. The summed E-state index contributed by atoms with van der Waals surface area (Å²) in [6.45, 7) is 1.76. The first-order valence-corrected chi connectivity index (χ1v) is 12.8. The van der Waals surface area contributed by atoms with Crippen molar-refractivity contribution < 1.29 is 4.74 Å². The van der Waals surface area contributed by atoms with Gasteiger partial charge in [-0.05, 0) is 36.8 Å². The van der Waals surface area contributed by atoms with Gasteiger partial charge in [-0.25, -0.2) is 9.97 Å². The standard InChI is InChI=1S/C24H26N4O2S2/c1-30-14-13-28-23(29)21-18-9-5-6-10-19(18)32-22(21)26-24(28)31-16-20-25-11-12-27(20)15-17-7-3-2-4-8-17/h2-4,7-8,11-12H,5-6,9-10,13-16H2,1H3. The minimum absolute atomic E-state index is 0.0709. The second kappa shape index (κ2) is 9.60. The van der Waals surface area contributed by atoms with Crippen LogP contribution in [0.5, 0.6) is 0 Å². The molecule has 6 nitrogen and oxygen atoms in total. The normalized spacial score (nSPS) is 13.5. The molecule has 32 heavy (non-hydrogen) atoms. The molecule has 8 heteroatoms. The highest BCUT2D eigenvalue weighted by Crippen LogP contribution is 2.35. The molecule has 0 N–H and O–H groups in total. The third-order valence-electron chi connectivity index (χ3n) is 5.89. The molecule has 0 unspecified atom stereocenters. The molecule has 1 aliphatic rings. The van der Waals surface area contributed by atoms with Crippen LogP contribution in [-0.2, 0) is 36.4 Å². The number of aromatic nitrogens is 4. The summed E-state index contributed by atoms with van der Waals surface area (Å²) in [4.78, 5) is 25.2. The first-order chi connectivity index (χ1) is 15.7. The van der Waals surface area contributed by atoms with E-state index in [9.17, 15) is 4.79 Å². The number of nitrogens with zero attached hydrogens (tertiary/aromatic N) is 4. The van der Waals surface area contributed by atoms with Gasteiger partial charge in [0.25, 0.3) is 5.56 Å². The van der Waals surface area contributed by atoms with Gasteiger partial charge in [-0.1, -0.05) is 42.1 Å². The molecule has 166 valence electrons. The lowest BCUT2D eigenvalue weighted by Gasteiger charge is -2.13.